The summed E-state index contributed by atoms with van der Waals surface area (Å²) in [6.45, 7) is 9.20. The molecule has 1 aliphatic carbocycles. The summed E-state index contributed by atoms with van der Waals surface area (Å²) in [6, 6.07) is 3.84. The SMILES string of the molecule is Cc1cc(Br)c2nc(N3CC4C(C3)C4OC(=O)NC(C)(C)C)n(C)c(=O)c2c1. The van der Waals surface area contributed by atoms with E-state index in [1.54, 1.807) is 11.6 Å². The first kappa shape index (κ1) is 19.2. The summed E-state index contributed by atoms with van der Waals surface area (Å²) in [5, 5.41) is 3.45. The van der Waals surface area contributed by atoms with Crippen molar-refractivity contribution in [1.29, 1.82) is 0 Å². The number of halogens is 1. The van der Waals surface area contributed by atoms with Crippen LogP contribution in [-0.2, 0) is 11.8 Å². The molecule has 2 aliphatic rings. The Morgan fingerprint density at radius 3 is 2.54 bits per heavy atom. The molecule has 2 unspecified atom stereocenters. The van der Waals surface area contributed by atoms with Gasteiger partial charge in [0.1, 0.15) is 6.10 Å². The third kappa shape index (κ3) is 3.38. The van der Waals surface area contributed by atoms with Gasteiger partial charge in [0.2, 0.25) is 5.95 Å². The average molecular weight is 449 g/mol. The monoisotopic (exact) mass is 448 g/mol. The summed E-state index contributed by atoms with van der Waals surface area (Å²) < 4.78 is 8.01. The van der Waals surface area contributed by atoms with Crippen LogP contribution in [0.2, 0.25) is 0 Å². The van der Waals surface area contributed by atoms with E-state index in [9.17, 15) is 9.59 Å². The maximum Gasteiger partial charge on any atom is 0.407 e. The van der Waals surface area contributed by atoms with Crippen LogP contribution in [0.5, 0.6) is 0 Å². The number of ether oxygens (including phenoxy) is 1. The van der Waals surface area contributed by atoms with Gasteiger partial charge in [0.25, 0.3) is 5.56 Å². The smallest absolute Gasteiger partial charge is 0.407 e. The number of hydrogen-bond acceptors (Lipinski definition) is 5. The molecule has 8 heteroatoms. The van der Waals surface area contributed by atoms with Gasteiger partial charge >= 0.3 is 6.09 Å². The van der Waals surface area contributed by atoms with Crippen molar-refractivity contribution >= 4 is 38.9 Å². The van der Waals surface area contributed by atoms with Gasteiger partial charge in [0, 0.05) is 42.0 Å². The maximum atomic E-state index is 12.8. The van der Waals surface area contributed by atoms with E-state index in [4.69, 9.17) is 9.72 Å². The van der Waals surface area contributed by atoms with E-state index in [0.717, 1.165) is 23.1 Å². The number of nitrogens with one attached hydrogen (secondary N) is 1. The lowest BCUT2D eigenvalue weighted by Crippen LogP contribution is -2.42. The summed E-state index contributed by atoms with van der Waals surface area (Å²) in [4.78, 5) is 31.7. The Hall–Kier alpha value is -2.09. The van der Waals surface area contributed by atoms with Gasteiger partial charge in [-0.15, -0.1) is 0 Å². The second-order valence-electron chi connectivity index (χ2n) is 8.90. The van der Waals surface area contributed by atoms with Crippen LogP contribution in [0, 0.1) is 18.8 Å². The lowest BCUT2D eigenvalue weighted by Gasteiger charge is -2.24. The molecule has 2 aromatic rings. The quantitative estimate of drug-likeness (QED) is 0.763. The first-order valence-corrected chi connectivity index (χ1v) is 10.2. The molecule has 7 nitrogen and oxygen atoms in total. The highest BCUT2D eigenvalue weighted by molar-refractivity contribution is 9.10. The molecular weight excluding hydrogens is 424 g/mol. The van der Waals surface area contributed by atoms with E-state index in [0.29, 0.717) is 28.7 Å². The number of hydrogen-bond donors (Lipinski definition) is 1. The standard InChI is InChI=1S/C20H25BrN4O3/c1-10-6-11-15(14(21)7-10)22-18(24(5)17(11)26)25-8-12-13(9-25)16(12)28-19(27)23-20(2,3)4/h6-7,12-13,16H,8-9H2,1-5H3,(H,23,27). The number of piperidine rings is 1. The Morgan fingerprint density at radius 2 is 1.93 bits per heavy atom. The number of carbonyl (C=O) groups excluding carboxylic acids is 1. The highest BCUT2D eigenvalue weighted by Crippen LogP contribution is 2.48. The number of aryl methyl sites for hydroxylation is 1. The molecule has 1 saturated heterocycles. The third-order valence-corrected chi connectivity index (χ3v) is 5.98. The van der Waals surface area contributed by atoms with Gasteiger partial charge in [-0.1, -0.05) is 0 Å². The van der Waals surface area contributed by atoms with Crippen LogP contribution < -0.4 is 15.8 Å². The second kappa shape index (κ2) is 6.47. The predicted molar refractivity (Wildman–Crippen MR) is 112 cm³/mol. The first-order valence-electron chi connectivity index (χ1n) is 9.46. The minimum atomic E-state index is -0.367. The van der Waals surface area contributed by atoms with Crippen molar-refractivity contribution in [1.82, 2.24) is 14.9 Å². The average Bonchev–Trinajstić information content (AvgIpc) is 3.00. The van der Waals surface area contributed by atoms with Gasteiger partial charge in [0.15, 0.2) is 0 Å². The normalized spacial score (nSPS) is 23.6. The summed E-state index contributed by atoms with van der Waals surface area (Å²) in [6.07, 6.45) is -0.417. The van der Waals surface area contributed by atoms with Crippen LogP contribution in [0.4, 0.5) is 10.7 Å². The van der Waals surface area contributed by atoms with Crippen LogP contribution >= 0.6 is 15.9 Å². The fourth-order valence-corrected chi connectivity index (χ4v) is 4.67. The molecule has 150 valence electrons. The van der Waals surface area contributed by atoms with Gasteiger partial charge in [-0.05, 0) is 61.3 Å². The summed E-state index contributed by atoms with van der Waals surface area (Å²) in [7, 11) is 1.76. The molecule has 1 aromatic carbocycles. The molecule has 2 atom stereocenters. The van der Waals surface area contributed by atoms with Gasteiger partial charge in [0.05, 0.1) is 10.9 Å². The zero-order valence-electron chi connectivity index (χ0n) is 16.7. The maximum absolute atomic E-state index is 12.8. The summed E-state index contributed by atoms with van der Waals surface area (Å²) >= 11 is 3.54. The zero-order chi connectivity index (χ0) is 20.4. The van der Waals surface area contributed by atoms with Crippen molar-refractivity contribution in [2.24, 2.45) is 18.9 Å². The summed E-state index contributed by atoms with van der Waals surface area (Å²) in [5.41, 5.74) is 1.33. The van der Waals surface area contributed by atoms with Crippen molar-refractivity contribution in [3.8, 4) is 0 Å². The Bertz CT molecular complexity index is 1010. The first-order chi connectivity index (χ1) is 13.0. The molecule has 1 N–H and O–H groups in total. The van der Waals surface area contributed by atoms with Crippen molar-refractivity contribution in [3.05, 3.63) is 32.5 Å². The number of fused-ring (bicyclic) bond motifs is 2. The van der Waals surface area contributed by atoms with E-state index in [1.807, 2.05) is 39.8 Å². The minimum Gasteiger partial charge on any atom is -0.445 e. The van der Waals surface area contributed by atoms with Gasteiger partial charge in [-0.2, -0.15) is 0 Å². The van der Waals surface area contributed by atoms with Crippen LogP contribution in [0.3, 0.4) is 0 Å². The molecule has 1 aliphatic heterocycles. The molecule has 0 bridgehead atoms. The number of carbonyl (C=O) groups is 1. The van der Waals surface area contributed by atoms with E-state index in [1.165, 1.54) is 0 Å². The number of benzene rings is 1. The highest BCUT2D eigenvalue weighted by Gasteiger charge is 2.59. The molecule has 28 heavy (non-hydrogen) atoms. The van der Waals surface area contributed by atoms with Crippen LogP contribution in [0.25, 0.3) is 10.9 Å². The number of anilines is 1. The fourth-order valence-electron chi connectivity index (χ4n) is 4.01. The molecule has 0 radical (unpaired) electrons. The number of aromatic nitrogens is 2. The Balaban J connectivity index is 1.51. The highest BCUT2D eigenvalue weighted by atomic mass is 79.9. The second-order valence-corrected chi connectivity index (χ2v) is 9.75. The van der Waals surface area contributed by atoms with E-state index < -0.39 is 0 Å². The van der Waals surface area contributed by atoms with Crippen LogP contribution in [-0.4, -0.2) is 40.4 Å². The van der Waals surface area contributed by atoms with Crippen molar-refractivity contribution in [3.63, 3.8) is 0 Å². The molecule has 4 rings (SSSR count). The Kier molecular flexibility index (Phi) is 4.45. The molecule has 1 aromatic heterocycles. The molecule has 1 amide bonds. The number of alkyl carbamates (subject to hydrolysis) is 1. The molecule has 1 saturated carbocycles. The summed E-state index contributed by atoms with van der Waals surface area (Å²) in [5.74, 6) is 1.24. The lowest BCUT2D eigenvalue weighted by atomic mass is 10.1. The largest absolute Gasteiger partial charge is 0.445 e. The van der Waals surface area contributed by atoms with Crippen molar-refractivity contribution in [2.75, 3.05) is 18.0 Å². The Morgan fingerprint density at radius 1 is 1.29 bits per heavy atom. The number of amides is 1. The van der Waals surface area contributed by atoms with Crippen molar-refractivity contribution < 1.29 is 9.53 Å². The van der Waals surface area contributed by atoms with Gasteiger partial charge in [-0.3, -0.25) is 9.36 Å². The Labute approximate surface area is 172 Å². The fraction of sp³-hybridized carbons (Fsp3) is 0.550. The van der Waals surface area contributed by atoms with E-state index in [2.05, 4.69) is 26.1 Å². The molecular formula is C20H25BrN4O3. The van der Waals surface area contributed by atoms with Gasteiger partial charge < -0.3 is 15.0 Å². The van der Waals surface area contributed by atoms with Crippen molar-refractivity contribution in [2.45, 2.75) is 39.3 Å². The minimum absolute atomic E-state index is 0.0505. The number of rotatable bonds is 2. The van der Waals surface area contributed by atoms with Crippen LogP contribution in [0.15, 0.2) is 21.4 Å². The van der Waals surface area contributed by atoms with E-state index >= 15 is 0 Å². The molecule has 2 fully saturated rings. The number of nitrogens with zero attached hydrogens (tertiary/aromatic N) is 3. The zero-order valence-corrected chi connectivity index (χ0v) is 18.3. The van der Waals surface area contributed by atoms with E-state index in [-0.39, 0.29) is 23.3 Å². The topological polar surface area (TPSA) is 76.5 Å². The predicted octanol–water partition coefficient (Wildman–Crippen LogP) is 2.96. The van der Waals surface area contributed by atoms with Gasteiger partial charge in [-0.25, -0.2) is 9.78 Å². The van der Waals surface area contributed by atoms with Crippen LogP contribution in [0.1, 0.15) is 26.3 Å². The molecule has 2 heterocycles. The third-order valence-electron chi connectivity index (χ3n) is 5.37. The molecule has 0 spiro atoms. The lowest BCUT2D eigenvalue weighted by molar-refractivity contribution is 0.119.